The number of aromatic amines is 1. The number of likely N-dealkylation sites (N-methyl/N-ethyl adjacent to an activating group) is 1. The summed E-state index contributed by atoms with van der Waals surface area (Å²) < 4.78 is 1.26. The first-order valence-corrected chi connectivity index (χ1v) is 10.9. The Hall–Kier alpha value is -2.10. The van der Waals surface area contributed by atoms with Gasteiger partial charge in [-0.25, -0.2) is 0 Å². The lowest BCUT2D eigenvalue weighted by Gasteiger charge is -2.32. The van der Waals surface area contributed by atoms with Crippen molar-refractivity contribution in [1.82, 2.24) is 15.2 Å². The number of benzene rings is 1. The monoisotopic (exact) mass is 466 g/mol. The van der Waals surface area contributed by atoms with Gasteiger partial charge >= 0.3 is 0 Å². The molecule has 1 aromatic carbocycles. The molecule has 2 aromatic heterocycles. The number of carbonyl (C=O) groups is 2. The highest BCUT2D eigenvalue weighted by molar-refractivity contribution is 7.23. The van der Waals surface area contributed by atoms with Crippen LogP contribution in [0.15, 0.2) is 30.3 Å². The molecule has 0 fully saturated rings. The quantitative estimate of drug-likeness (QED) is 0.462. The van der Waals surface area contributed by atoms with Crippen LogP contribution < -0.4 is 11.1 Å². The van der Waals surface area contributed by atoms with Crippen LogP contribution >= 0.6 is 34.5 Å². The van der Waals surface area contributed by atoms with Crippen molar-refractivity contribution in [3.63, 3.8) is 0 Å². The van der Waals surface area contributed by atoms with Crippen molar-refractivity contribution in [3.8, 4) is 0 Å². The second kappa shape index (κ2) is 8.20. The summed E-state index contributed by atoms with van der Waals surface area (Å²) in [6, 6.07) is 8.62. The van der Waals surface area contributed by atoms with Crippen LogP contribution in [0.5, 0.6) is 0 Å². The number of H-pyrrole nitrogens is 1. The van der Waals surface area contributed by atoms with E-state index in [1.165, 1.54) is 16.2 Å². The molecule has 0 saturated carbocycles. The van der Waals surface area contributed by atoms with Crippen molar-refractivity contribution in [2.75, 3.05) is 13.6 Å². The van der Waals surface area contributed by atoms with Crippen LogP contribution in [-0.2, 0) is 11.2 Å². The van der Waals surface area contributed by atoms with E-state index < -0.39 is 18.1 Å². The fourth-order valence-electron chi connectivity index (χ4n) is 3.94. The lowest BCUT2D eigenvalue weighted by molar-refractivity contribution is -0.141. The molecular formula is C20H20Cl2N4O3S. The molecule has 0 aliphatic heterocycles. The molecule has 0 saturated heterocycles. The number of nitrogens with two attached hydrogens (primary N) is 1. The number of hydrogen-bond acceptors (Lipinski definition) is 5. The zero-order valence-corrected chi connectivity index (χ0v) is 18.3. The minimum absolute atomic E-state index is 0.170. The van der Waals surface area contributed by atoms with Gasteiger partial charge in [0.1, 0.15) is 16.1 Å². The number of aliphatic hydroxyl groups excluding tert-OH is 1. The van der Waals surface area contributed by atoms with Crippen molar-refractivity contribution in [2.24, 2.45) is 5.73 Å². The number of rotatable bonds is 5. The Morgan fingerprint density at radius 1 is 1.40 bits per heavy atom. The van der Waals surface area contributed by atoms with E-state index >= 15 is 0 Å². The van der Waals surface area contributed by atoms with E-state index in [9.17, 15) is 14.7 Å². The van der Waals surface area contributed by atoms with Crippen molar-refractivity contribution >= 4 is 56.6 Å². The number of amides is 2. The molecule has 5 N–H and O–H groups in total. The molecule has 2 heterocycles. The van der Waals surface area contributed by atoms with Crippen molar-refractivity contribution in [2.45, 2.75) is 24.6 Å². The molecule has 3 unspecified atom stereocenters. The van der Waals surface area contributed by atoms with Gasteiger partial charge in [-0.2, -0.15) is 0 Å². The summed E-state index contributed by atoms with van der Waals surface area (Å²) in [4.78, 5) is 30.0. The number of fused-ring (bicyclic) bond motifs is 2. The third kappa shape index (κ3) is 3.59. The molecule has 2 amide bonds. The molecule has 1 aliphatic rings. The Morgan fingerprint density at radius 3 is 2.83 bits per heavy atom. The first kappa shape index (κ1) is 21.1. The predicted molar refractivity (Wildman–Crippen MR) is 118 cm³/mol. The molecule has 0 spiro atoms. The topological polar surface area (TPSA) is 111 Å². The highest BCUT2D eigenvalue weighted by atomic mass is 35.5. The van der Waals surface area contributed by atoms with Gasteiger partial charge in [0.15, 0.2) is 0 Å². The number of aromatic nitrogens is 1. The molecule has 0 radical (unpaired) electrons. The molecule has 3 aromatic rings. The van der Waals surface area contributed by atoms with Gasteiger partial charge in [-0.15, -0.1) is 11.3 Å². The molecule has 7 nitrogen and oxygen atoms in total. The van der Waals surface area contributed by atoms with Gasteiger partial charge < -0.3 is 26.0 Å². The Morgan fingerprint density at radius 2 is 2.13 bits per heavy atom. The number of carbonyl (C=O) groups excluding carboxylic acids is 2. The minimum Gasteiger partial charge on any atom is -0.382 e. The van der Waals surface area contributed by atoms with Crippen LogP contribution in [0.25, 0.3) is 10.2 Å². The van der Waals surface area contributed by atoms with E-state index in [1.807, 2.05) is 24.3 Å². The van der Waals surface area contributed by atoms with Crippen molar-refractivity contribution in [1.29, 1.82) is 0 Å². The van der Waals surface area contributed by atoms with Gasteiger partial charge in [0.25, 0.3) is 11.8 Å². The third-order valence-electron chi connectivity index (χ3n) is 5.40. The number of hydrogen-bond donors (Lipinski definition) is 4. The smallest absolute Gasteiger partial charge is 0.268 e. The van der Waals surface area contributed by atoms with Crippen LogP contribution in [-0.4, -0.2) is 52.5 Å². The number of aliphatic hydroxyl groups is 1. The maximum absolute atomic E-state index is 13.0. The molecule has 10 heteroatoms. The molecular weight excluding hydrogens is 447 g/mol. The summed E-state index contributed by atoms with van der Waals surface area (Å²) in [6.45, 7) is -0.170. The second-order valence-corrected chi connectivity index (χ2v) is 9.27. The van der Waals surface area contributed by atoms with E-state index in [-0.39, 0.29) is 18.5 Å². The third-order valence-corrected chi connectivity index (χ3v) is 7.33. The van der Waals surface area contributed by atoms with Crippen molar-refractivity contribution < 1.29 is 14.7 Å². The molecule has 4 rings (SSSR count). The van der Waals surface area contributed by atoms with Gasteiger partial charge in [-0.3, -0.25) is 9.59 Å². The summed E-state index contributed by atoms with van der Waals surface area (Å²) in [7, 11) is 1.61. The first-order chi connectivity index (χ1) is 14.3. The molecule has 1 aliphatic carbocycles. The van der Waals surface area contributed by atoms with E-state index in [0.717, 1.165) is 15.8 Å². The SMILES string of the molecule is CN(C(=O)C(O)CN)C1c2ccccc2CC1NC(=O)c1cc2sc(Cl)c(Cl)c2[nH]1. The van der Waals surface area contributed by atoms with Gasteiger partial charge in [0.05, 0.1) is 27.3 Å². The average Bonchev–Trinajstić information content (AvgIpc) is 3.39. The van der Waals surface area contributed by atoms with E-state index in [1.54, 1.807) is 13.1 Å². The van der Waals surface area contributed by atoms with Gasteiger partial charge in [-0.05, 0) is 23.6 Å². The maximum Gasteiger partial charge on any atom is 0.268 e. The first-order valence-electron chi connectivity index (χ1n) is 9.31. The largest absolute Gasteiger partial charge is 0.382 e. The second-order valence-electron chi connectivity index (χ2n) is 7.24. The standard InChI is InChI=1S/C20H20Cl2N4O3S/c1-26(20(29)13(27)8-23)17-10-5-3-2-4-9(10)6-11(17)25-19(28)12-7-14-16(24-12)15(21)18(22)30-14/h2-5,7,11,13,17,24,27H,6,8,23H2,1H3,(H,25,28). The Labute approximate surface area is 186 Å². The zero-order chi connectivity index (χ0) is 21.6. The highest BCUT2D eigenvalue weighted by Gasteiger charge is 2.39. The molecule has 0 bridgehead atoms. The van der Waals surface area contributed by atoms with Gasteiger partial charge in [0.2, 0.25) is 0 Å². The van der Waals surface area contributed by atoms with Crippen LogP contribution in [0.1, 0.15) is 27.7 Å². The number of nitrogens with zero attached hydrogens (tertiary/aromatic N) is 1. The minimum atomic E-state index is -1.29. The van der Waals surface area contributed by atoms with Crippen molar-refractivity contribution in [3.05, 3.63) is 56.5 Å². The summed E-state index contributed by atoms with van der Waals surface area (Å²) in [5, 5.41) is 13.3. The normalized spacial score (nSPS) is 19.0. The Kier molecular flexibility index (Phi) is 5.78. The fraction of sp³-hybridized carbons (Fsp3) is 0.300. The average molecular weight is 467 g/mol. The predicted octanol–water partition coefficient (Wildman–Crippen LogP) is 2.71. The maximum atomic E-state index is 13.0. The summed E-state index contributed by atoms with van der Waals surface area (Å²) >= 11 is 13.5. The fourth-order valence-corrected chi connectivity index (χ4v) is 5.42. The molecule has 30 heavy (non-hydrogen) atoms. The number of halogens is 2. The van der Waals surface area contributed by atoms with Crippen LogP contribution in [0, 0.1) is 0 Å². The van der Waals surface area contributed by atoms with Gasteiger partial charge in [0, 0.05) is 13.6 Å². The van der Waals surface area contributed by atoms with E-state index in [0.29, 0.717) is 27.0 Å². The zero-order valence-electron chi connectivity index (χ0n) is 16.0. The van der Waals surface area contributed by atoms with Crippen LogP contribution in [0.4, 0.5) is 0 Å². The summed E-state index contributed by atoms with van der Waals surface area (Å²) in [6.07, 6.45) is -0.730. The highest BCUT2D eigenvalue weighted by Crippen LogP contribution is 2.39. The van der Waals surface area contributed by atoms with E-state index in [4.69, 9.17) is 28.9 Å². The molecule has 3 atom stereocenters. The number of thiophene rings is 1. The Balaban J connectivity index is 1.61. The Bertz CT molecular complexity index is 1130. The number of nitrogens with one attached hydrogen (secondary N) is 2. The summed E-state index contributed by atoms with van der Waals surface area (Å²) in [5.41, 5.74) is 8.42. The van der Waals surface area contributed by atoms with Gasteiger partial charge in [-0.1, -0.05) is 47.5 Å². The van der Waals surface area contributed by atoms with E-state index in [2.05, 4.69) is 10.3 Å². The summed E-state index contributed by atoms with van der Waals surface area (Å²) in [5.74, 6) is -0.797. The lowest BCUT2D eigenvalue weighted by Crippen LogP contribution is -2.49. The molecule has 158 valence electrons. The van der Waals surface area contributed by atoms with Crippen LogP contribution in [0.3, 0.4) is 0 Å². The lowest BCUT2D eigenvalue weighted by atomic mass is 10.0. The van der Waals surface area contributed by atoms with Crippen LogP contribution in [0.2, 0.25) is 9.36 Å².